The number of hydrogen-bond donors (Lipinski definition) is 3. The smallest absolute Gasteiger partial charge is 0.328 e. The molecule has 2 rings (SSSR count). The largest absolute Gasteiger partial charge is 0.480 e. The Morgan fingerprint density at radius 3 is 2.81 bits per heavy atom. The lowest BCUT2D eigenvalue weighted by atomic mass is 10.2. The van der Waals surface area contributed by atoms with Gasteiger partial charge in [-0.25, -0.2) is 9.59 Å². The number of nitrogens with one attached hydrogen (secondary N) is 2. The van der Waals surface area contributed by atoms with E-state index in [1.165, 1.54) is 0 Å². The molecular formula is C12H11BrClN3O4. The maximum Gasteiger partial charge on any atom is 0.328 e. The molecule has 1 heterocycles. The van der Waals surface area contributed by atoms with Crippen LogP contribution in [0, 0.1) is 0 Å². The summed E-state index contributed by atoms with van der Waals surface area (Å²) in [7, 11) is 0. The van der Waals surface area contributed by atoms with Gasteiger partial charge in [-0.15, -0.1) is 0 Å². The Morgan fingerprint density at radius 2 is 2.19 bits per heavy atom. The summed E-state index contributed by atoms with van der Waals surface area (Å²) < 4.78 is 0.591. The number of benzene rings is 1. The van der Waals surface area contributed by atoms with Crippen molar-refractivity contribution in [2.45, 2.75) is 6.04 Å². The molecule has 0 bridgehead atoms. The SMILES string of the molecule is O=C1CN(C(=O)Nc2ccc(Cl)c(Br)c2)C(C(=O)O)CN1. The summed E-state index contributed by atoms with van der Waals surface area (Å²) in [6.07, 6.45) is 0. The first-order valence-electron chi connectivity index (χ1n) is 5.90. The van der Waals surface area contributed by atoms with E-state index in [4.69, 9.17) is 16.7 Å². The third-order valence-corrected chi connectivity index (χ3v) is 4.11. The van der Waals surface area contributed by atoms with Crippen LogP contribution in [0.5, 0.6) is 0 Å². The van der Waals surface area contributed by atoms with Crippen LogP contribution in [0.2, 0.25) is 5.02 Å². The van der Waals surface area contributed by atoms with Crippen LogP contribution in [0.3, 0.4) is 0 Å². The normalized spacial score (nSPS) is 18.1. The zero-order chi connectivity index (χ0) is 15.6. The molecule has 0 saturated carbocycles. The molecule has 9 heteroatoms. The molecule has 3 amide bonds. The van der Waals surface area contributed by atoms with Crippen molar-refractivity contribution in [1.29, 1.82) is 0 Å². The van der Waals surface area contributed by atoms with Crippen molar-refractivity contribution >= 4 is 51.1 Å². The lowest BCUT2D eigenvalue weighted by Gasteiger charge is -2.32. The minimum Gasteiger partial charge on any atom is -0.480 e. The van der Waals surface area contributed by atoms with Crippen molar-refractivity contribution in [3.8, 4) is 0 Å². The Kier molecular flexibility index (Phi) is 4.69. The molecule has 3 N–H and O–H groups in total. The van der Waals surface area contributed by atoms with Gasteiger partial charge in [0.25, 0.3) is 0 Å². The van der Waals surface area contributed by atoms with Gasteiger partial charge in [0.1, 0.15) is 12.6 Å². The van der Waals surface area contributed by atoms with Crippen molar-refractivity contribution in [3.05, 3.63) is 27.7 Å². The molecule has 1 atom stereocenters. The summed E-state index contributed by atoms with van der Waals surface area (Å²) in [6.45, 7) is -0.427. The van der Waals surface area contributed by atoms with Gasteiger partial charge < -0.3 is 15.7 Å². The van der Waals surface area contributed by atoms with E-state index in [1.807, 2.05) is 0 Å². The molecule has 1 saturated heterocycles. The molecule has 112 valence electrons. The Labute approximate surface area is 133 Å². The van der Waals surface area contributed by atoms with Crippen LogP contribution in [-0.2, 0) is 9.59 Å². The fourth-order valence-electron chi connectivity index (χ4n) is 1.84. The van der Waals surface area contributed by atoms with Crippen LogP contribution in [0.4, 0.5) is 10.5 Å². The zero-order valence-electron chi connectivity index (χ0n) is 10.6. The average molecular weight is 377 g/mol. The molecule has 1 aliphatic rings. The molecule has 0 spiro atoms. The molecule has 1 unspecified atom stereocenters. The first-order valence-corrected chi connectivity index (χ1v) is 7.08. The van der Waals surface area contributed by atoms with Gasteiger partial charge in [-0.2, -0.15) is 0 Å². The van der Waals surface area contributed by atoms with Gasteiger partial charge in [0, 0.05) is 16.7 Å². The zero-order valence-corrected chi connectivity index (χ0v) is 12.9. The highest BCUT2D eigenvalue weighted by atomic mass is 79.9. The number of halogens is 2. The molecular weight excluding hydrogens is 366 g/mol. The summed E-state index contributed by atoms with van der Waals surface area (Å²) >= 11 is 9.07. The van der Waals surface area contributed by atoms with Crippen molar-refractivity contribution in [2.75, 3.05) is 18.4 Å². The Morgan fingerprint density at radius 1 is 1.48 bits per heavy atom. The topological polar surface area (TPSA) is 98.7 Å². The third kappa shape index (κ3) is 3.64. The molecule has 7 nitrogen and oxygen atoms in total. The Hall–Kier alpha value is -1.80. The van der Waals surface area contributed by atoms with E-state index in [2.05, 4.69) is 26.6 Å². The van der Waals surface area contributed by atoms with Crippen LogP contribution >= 0.6 is 27.5 Å². The van der Waals surface area contributed by atoms with Crippen molar-refractivity contribution in [2.24, 2.45) is 0 Å². The monoisotopic (exact) mass is 375 g/mol. The molecule has 0 aliphatic carbocycles. The molecule has 0 radical (unpaired) electrons. The Bertz CT molecular complexity index is 610. The lowest BCUT2D eigenvalue weighted by Crippen LogP contribution is -2.60. The number of urea groups is 1. The van der Waals surface area contributed by atoms with Crippen LogP contribution < -0.4 is 10.6 Å². The third-order valence-electron chi connectivity index (χ3n) is 2.90. The second-order valence-electron chi connectivity index (χ2n) is 4.35. The molecule has 21 heavy (non-hydrogen) atoms. The first-order chi connectivity index (χ1) is 9.88. The standard InChI is InChI=1S/C12H11BrClN3O4/c13-7-3-6(1-2-8(7)14)16-12(21)17-5-10(18)15-4-9(17)11(19)20/h1-3,9H,4-5H2,(H,15,18)(H,16,21)(H,19,20). The molecule has 0 aromatic heterocycles. The predicted molar refractivity (Wildman–Crippen MR) is 79.3 cm³/mol. The van der Waals surface area contributed by atoms with E-state index in [1.54, 1.807) is 18.2 Å². The highest BCUT2D eigenvalue weighted by Crippen LogP contribution is 2.25. The first kappa shape index (κ1) is 15.6. The number of carbonyl (C=O) groups is 3. The molecule has 1 aliphatic heterocycles. The number of piperazine rings is 1. The minimum atomic E-state index is -1.18. The fraction of sp³-hybridized carbons (Fsp3) is 0.250. The predicted octanol–water partition coefficient (Wildman–Crippen LogP) is 1.52. The van der Waals surface area contributed by atoms with E-state index in [0.29, 0.717) is 15.2 Å². The maximum atomic E-state index is 12.1. The van der Waals surface area contributed by atoms with Gasteiger partial charge in [-0.05, 0) is 34.1 Å². The highest BCUT2D eigenvalue weighted by Gasteiger charge is 2.35. The van der Waals surface area contributed by atoms with Crippen LogP contribution in [-0.4, -0.2) is 47.0 Å². The van der Waals surface area contributed by atoms with Crippen molar-refractivity contribution in [1.82, 2.24) is 10.2 Å². The lowest BCUT2D eigenvalue weighted by molar-refractivity contribution is -0.144. The number of amides is 3. The van der Waals surface area contributed by atoms with E-state index in [-0.39, 0.29) is 13.1 Å². The summed E-state index contributed by atoms with van der Waals surface area (Å²) in [4.78, 5) is 35.6. The van der Waals surface area contributed by atoms with Crippen LogP contribution in [0.25, 0.3) is 0 Å². The number of rotatable bonds is 2. The number of carboxylic acid groups (broad SMARTS) is 1. The quantitative estimate of drug-likeness (QED) is 0.729. The number of nitrogens with zero attached hydrogens (tertiary/aromatic N) is 1. The van der Waals surface area contributed by atoms with Crippen LogP contribution in [0.15, 0.2) is 22.7 Å². The van der Waals surface area contributed by atoms with Gasteiger partial charge in [0.05, 0.1) is 5.02 Å². The summed E-state index contributed by atoms with van der Waals surface area (Å²) in [5, 5.41) is 14.5. The van der Waals surface area contributed by atoms with E-state index in [0.717, 1.165) is 4.90 Å². The molecule has 1 aromatic rings. The summed E-state index contributed by atoms with van der Waals surface area (Å²) in [6, 6.07) is 2.98. The average Bonchev–Trinajstić information content (AvgIpc) is 2.42. The fourth-order valence-corrected chi connectivity index (χ4v) is 2.34. The van der Waals surface area contributed by atoms with Gasteiger partial charge in [0.2, 0.25) is 5.91 Å². The van der Waals surface area contributed by atoms with Gasteiger partial charge in [-0.1, -0.05) is 11.6 Å². The number of carboxylic acids is 1. The minimum absolute atomic E-state index is 0.119. The van der Waals surface area contributed by atoms with Gasteiger partial charge in [-0.3, -0.25) is 9.69 Å². The van der Waals surface area contributed by atoms with Gasteiger partial charge >= 0.3 is 12.0 Å². The van der Waals surface area contributed by atoms with E-state index >= 15 is 0 Å². The van der Waals surface area contributed by atoms with Crippen molar-refractivity contribution in [3.63, 3.8) is 0 Å². The van der Waals surface area contributed by atoms with E-state index < -0.39 is 23.9 Å². The Balaban J connectivity index is 2.14. The highest BCUT2D eigenvalue weighted by molar-refractivity contribution is 9.10. The molecule has 1 fully saturated rings. The van der Waals surface area contributed by atoms with Crippen LogP contribution in [0.1, 0.15) is 0 Å². The maximum absolute atomic E-state index is 12.1. The summed E-state index contributed by atoms with van der Waals surface area (Å²) in [5.74, 6) is -1.58. The number of aliphatic carboxylic acids is 1. The summed E-state index contributed by atoms with van der Waals surface area (Å²) in [5.41, 5.74) is 0.436. The van der Waals surface area contributed by atoms with E-state index in [9.17, 15) is 14.4 Å². The number of anilines is 1. The molecule has 1 aromatic carbocycles. The second-order valence-corrected chi connectivity index (χ2v) is 5.61. The second kappa shape index (κ2) is 6.31. The van der Waals surface area contributed by atoms with Gasteiger partial charge in [0.15, 0.2) is 0 Å². The number of hydrogen-bond acceptors (Lipinski definition) is 3. The number of carbonyl (C=O) groups excluding carboxylic acids is 2. The van der Waals surface area contributed by atoms with Crippen molar-refractivity contribution < 1.29 is 19.5 Å².